The van der Waals surface area contributed by atoms with Crippen LogP contribution in [0.2, 0.25) is 10.0 Å². The van der Waals surface area contributed by atoms with Crippen LogP contribution >= 0.6 is 23.2 Å². The summed E-state index contributed by atoms with van der Waals surface area (Å²) >= 11 is 12.7. The lowest BCUT2D eigenvalue weighted by Gasteiger charge is -2.27. The average Bonchev–Trinajstić information content (AvgIpc) is 3.16. The minimum atomic E-state index is -0.568. The number of aliphatic hydroxyl groups is 1. The largest absolute Gasteiger partial charge is 0.803 e. The van der Waals surface area contributed by atoms with Gasteiger partial charge in [-0.2, -0.15) is 0 Å². The predicted octanol–water partition coefficient (Wildman–Crippen LogP) is 0.888. The number of halogens is 2. The smallest absolute Gasteiger partial charge is 0.248 e. The summed E-state index contributed by atoms with van der Waals surface area (Å²) in [4.78, 5) is 28.4. The van der Waals surface area contributed by atoms with Crippen molar-refractivity contribution in [3.05, 3.63) is 50.6 Å². The van der Waals surface area contributed by atoms with Crippen molar-refractivity contribution in [1.82, 2.24) is 20.5 Å². The van der Waals surface area contributed by atoms with E-state index in [1.165, 1.54) is 12.3 Å². The number of carbonyl (C=O) groups excluding carboxylic acids is 2. The van der Waals surface area contributed by atoms with Crippen LogP contribution in [0.4, 0.5) is 0 Å². The maximum atomic E-state index is 12.0. The summed E-state index contributed by atoms with van der Waals surface area (Å²) in [6.45, 7) is 0.936. The molecule has 0 radical (unpaired) electrons. The quantitative estimate of drug-likeness (QED) is 0.367. The van der Waals surface area contributed by atoms with Crippen LogP contribution in [0.5, 0.6) is 0 Å². The molecule has 0 spiro atoms. The van der Waals surface area contributed by atoms with Crippen LogP contribution in [0.15, 0.2) is 18.3 Å². The summed E-state index contributed by atoms with van der Waals surface area (Å²) in [5.41, 5.74) is 7.96. The van der Waals surface area contributed by atoms with Gasteiger partial charge in [-0.15, -0.1) is 5.71 Å². The van der Waals surface area contributed by atoms with Gasteiger partial charge in [0.1, 0.15) is 6.61 Å². The Labute approximate surface area is 189 Å². The number of benzene rings is 1. The first-order chi connectivity index (χ1) is 14.9. The van der Waals surface area contributed by atoms with Gasteiger partial charge in [-0.3, -0.25) is 9.59 Å². The van der Waals surface area contributed by atoms with Gasteiger partial charge in [0, 0.05) is 49.2 Å². The monoisotopic (exact) mass is 465 g/mol. The normalized spacial score (nSPS) is 13.5. The number of H-pyrrole nitrogens is 1. The van der Waals surface area contributed by atoms with Gasteiger partial charge in [-0.05, 0) is 17.8 Å². The molecule has 0 unspecified atom stereocenters. The van der Waals surface area contributed by atoms with Crippen LogP contribution in [0.1, 0.15) is 16.8 Å². The maximum absolute atomic E-state index is 12.0. The van der Waals surface area contributed by atoms with E-state index in [4.69, 9.17) is 28.9 Å². The Hall–Kier alpha value is -2.59. The standard InChI is InChI=1S/C20H23Cl2N6O3/c21-13-7-11(14(24)1-4-25-8-16(30)26-5-3-23)18-12-9-28(17(31)10-29)6-2-15(12)27-20(18)19(13)22/h1,4,7,25,27,29H,2-3,5-6,8-10,23H2,(H,26,30)/q-1/b4-1-. The zero-order valence-electron chi connectivity index (χ0n) is 16.7. The number of hydrogen-bond acceptors (Lipinski definition) is 5. The molecular formula is C20H23Cl2N6O3-. The van der Waals surface area contributed by atoms with Gasteiger partial charge in [0.2, 0.25) is 11.8 Å². The number of nitrogens with zero attached hydrogens (tertiary/aromatic N) is 2. The zero-order valence-corrected chi connectivity index (χ0v) is 18.2. The highest BCUT2D eigenvalue weighted by Crippen LogP contribution is 2.38. The predicted molar refractivity (Wildman–Crippen MR) is 121 cm³/mol. The van der Waals surface area contributed by atoms with Crippen LogP contribution in [0, 0.1) is 0 Å². The molecule has 0 fully saturated rings. The molecule has 31 heavy (non-hydrogen) atoms. The second-order valence-electron chi connectivity index (χ2n) is 7.01. The summed E-state index contributed by atoms with van der Waals surface area (Å²) in [6.07, 6.45) is 3.42. The molecule has 2 heterocycles. The lowest BCUT2D eigenvalue weighted by molar-refractivity contribution is -0.135. The summed E-state index contributed by atoms with van der Waals surface area (Å²) < 4.78 is 0. The number of nitrogens with two attached hydrogens (primary N) is 1. The highest BCUT2D eigenvalue weighted by Gasteiger charge is 2.26. The first-order valence-corrected chi connectivity index (χ1v) is 10.5. The number of nitrogens with one attached hydrogen (secondary N) is 3. The number of aliphatic hydroxyl groups excluding tert-OH is 1. The van der Waals surface area contributed by atoms with Gasteiger partial charge >= 0.3 is 0 Å². The van der Waals surface area contributed by atoms with E-state index in [0.717, 1.165) is 11.3 Å². The Bertz CT molecular complexity index is 1050. The van der Waals surface area contributed by atoms with Crippen molar-refractivity contribution in [3.8, 4) is 0 Å². The van der Waals surface area contributed by atoms with E-state index in [9.17, 15) is 20.1 Å². The second-order valence-corrected chi connectivity index (χ2v) is 7.80. The topological polar surface area (TPSA) is 146 Å². The van der Waals surface area contributed by atoms with Crippen LogP contribution in [-0.4, -0.2) is 65.3 Å². The van der Waals surface area contributed by atoms with Gasteiger partial charge in [-0.1, -0.05) is 29.3 Å². The van der Waals surface area contributed by atoms with Crippen molar-refractivity contribution < 1.29 is 14.7 Å². The SMILES string of the molecule is [N-]=C(/C=C\NCC(=O)NCCN)c1cc(Cl)c(Cl)c2[nH]c3c(c12)CN(C(=O)CO)CC3. The second kappa shape index (κ2) is 10.1. The van der Waals surface area contributed by atoms with E-state index >= 15 is 0 Å². The van der Waals surface area contributed by atoms with Crippen molar-refractivity contribution in [2.45, 2.75) is 13.0 Å². The fourth-order valence-electron chi connectivity index (χ4n) is 3.51. The molecular weight excluding hydrogens is 443 g/mol. The molecule has 1 aromatic carbocycles. The molecule has 0 saturated heterocycles. The number of aromatic amines is 1. The summed E-state index contributed by atoms with van der Waals surface area (Å²) in [7, 11) is 0. The Morgan fingerprint density at radius 1 is 1.39 bits per heavy atom. The first-order valence-electron chi connectivity index (χ1n) is 9.70. The van der Waals surface area contributed by atoms with E-state index in [1.807, 2.05) is 0 Å². The summed E-state index contributed by atoms with van der Waals surface area (Å²) in [5.74, 6) is -0.591. The number of allylic oxidation sites excluding steroid dienone is 1. The van der Waals surface area contributed by atoms with Gasteiger partial charge < -0.3 is 36.8 Å². The lowest BCUT2D eigenvalue weighted by atomic mass is 9.98. The molecule has 0 atom stereocenters. The van der Waals surface area contributed by atoms with E-state index in [2.05, 4.69) is 15.6 Å². The van der Waals surface area contributed by atoms with Crippen LogP contribution in [-0.2, 0) is 22.6 Å². The van der Waals surface area contributed by atoms with Crippen molar-refractivity contribution in [1.29, 1.82) is 0 Å². The number of amides is 2. The zero-order chi connectivity index (χ0) is 22.5. The minimum absolute atomic E-state index is 0.0261. The molecule has 11 heteroatoms. The third-order valence-corrected chi connectivity index (χ3v) is 5.78. The number of fused-ring (bicyclic) bond motifs is 3. The first kappa shape index (κ1) is 23.1. The Morgan fingerprint density at radius 3 is 2.87 bits per heavy atom. The molecule has 2 amide bonds. The fraction of sp³-hybridized carbons (Fsp3) is 0.350. The molecule has 0 aliphatic carbocycles. The molecule has 0 bridgehead atoms. The van der Waals surface area contributed by atoms with E-state index in [-0.39, 0.29) is 35.6 Å². The maximum Gasteiger partial charge on any atom is 0.248 e. The molecule has 1 aliphatic rings. The van der Waals surface area contributed by atoms with Gasteiger partial charge in [0.05, 0.1) is 22.1 Å². The Balaban J connectivity index is 1.88. The third-order valence-electron chi connectivity index (χ3n) is 4.99. The fourth-order valence-corrected chi connectivity index (χ4v) is 3.91. The van der Waals surface area contributed by atoms with Crippen molar-refractivity contribution in [2.24, 2.45) is 5.73 Å². The Morgan fingerprint density at radius 2 is 2.16 bits per heavy atom. The highest BCUT2D eigenvalue weighted by molar-refractivity contribution is 6.46. The van der Waals surface area contributed by atoms with E-state index in [0.29, 0.717) is 47.5 Å². The third kappa shape index (κ3) is 5.01. The Kier molecular flexibility index (Phi) is 7.55. The molecule has 1 aliphatic heterocycles. The van der Waals surface area contributed by atoms with Gasteiger partial charge in [0.15, 0.2) is 0 Å². The number of hydrogen-bond donors (Lipinski definition) is 5. The van der Waals surface area contributed by atoms with Crippen molar-refractivity contribution in [2.75, 3.05) is 32.8 Å². The van der Waals surface area contributed by atoms with E-state index in [1.54, 1.807) is 11.0 Å². The number of rotatable bonds is 8. The molecule has 9 nitrogen and oxygen atoms in total. The van der Waals surface area contributed by atoms with Crippen molar-refractivity contribution >= 4 is 51.6 Å². The lowest BCUT2D eigenvalue weighted by Crippen LogP contribution is -2.37. The molecule has 2 aromatic rings. The minimum Gasteiger partial charge on any atom is -0.803 e. The van der Waals surface area contributed by atoms with Gasteiger partial charge in [-0.25, -0.2) is 0 Å². The average molecular weight is 466 g/mol. The van der Waals surface area contributed by atoms with Crippen LogP contribution in [0.3, 0.4) is 0 Å². The molecule has 166 valence electrons. The summed E-state index contributed by atoms with van der Waals surface area (Å²) in [5, 5.41) is 26.6. The molecule has 0 saturated carbocycles. The molecule has 6 N–H and O–H groups in total. The molecule has 3 rings (SSSR count). The van der Waals surface area contributed by atoms with Crippen LogP contribution < -0.4 is 16.4 Å². The van der Waals surface area contributed by atoms with E-state index < -0.39 is 6.61 Å². The molecule has 1 aromatic heterocycles. The number of carbonyl (C=O) groups is 2. The highest BCUT2D eigenvalue weighted by atomic mass is 35.5. The van der Waals surface area contributed by atoms with Gasteiger partial charge in [0.25, 0.3) is 0 Å². The van der Waals surface area contributed by atoms with Crippen molar-refractivity contribution in [3.63, 3.8) is 0 Å². The van der Waals surface area contributed by atoms with Crippen LogP contribution in [0.25, 0.3) is 16.3 Å². The number of aromatic nitrogens is 1. The summed E-state index contributed by atoms with van der Waals surface area (Å²) in [6, 6.07) is 1.56.